The molecule has 0 bridgehead atoms. The van der Waals surface area contributed by atoms with E-state index in [0.29, 0.717) is 5.39 Å². The molecule has 2 aromatic carbocycles. The average molecular weight is 259 g/mol. The third-order valence-corrected chi connectivity index (χ3v) is 3.51. The molecule has 19 heavy (non-hydrogen) atoms. The lowest BCUT2D eigenvalue weighted by Crippen LogP contribution is -2.15. The summed E-state index contributed by atoms with van der Waals surface area (Å²) in [6.45, 7) is 6.63. The minimum absolute atomic E-state index is 0.0373. The van der Waals surface area contributed by atoms with E-state index in [0.717, 1.165) is 23.8 Å². The van der Waals surface area contributed by atoms with Gasteiger partial charge in [0.1, 0.15) is 5.82 Å². The van der Waals surface area contributed by atoms with Crippen LogP contribution in [0.25, 0.3) is 10.8 Å². The molecule has 0 fully saturated rings. The van der Waals surface area contributed by atoms with E-state index in [2.05, 4.69) is 20.8 Å². The smallest absolute Gasteiger partial charge is 0.131 e. The monoisotopic (exact) mass is 259 g/mol. The second kappa shape index (κ2) is 5.30. The number of benzene rings is 2. The van der Waals surface area contributed by atoms with Crippen molar-refractivity contribution in [3.05, 3.63) is 47.8 Å². The van der Waals surface area contributed by atoms with Crippen LogP contribution in [0.1, 0.15) is 45.2 Å². The summed E-state index contributed by atoms with van der Waals surface area (Å²) in [5, 5.41) is 1.59. The second-order valence-corrected chi connectivity index (χ2v) is 6.39. The van der Waals surface area contributed by atoms with Crippen LogP contribution in [-0.2, 0) is 0 Å². The van der Waals surface area contributed by atoms with Crippen LogP contribution in [0.2, 0.25) is 0 Å². The first-order valence-electron chi connectivity index (χ1n) is 6.81. The minimum Gasteiger partial charge on any atom is -0.324 e. The highest BCUT2D eigenvalue weighted by Gasteiger charge is 2.16. The van der Waals surface area contributed by atoms with Gasteiger partial charge in [-0.1, -0.05) is 51.1 Å². The standard InChI is InChI=1S/C17H22FN/c1-17(2,3)11-10-16(19)14-8-9-15(18)13-7-5-4-6-12(13)14/h4-9,16H,10-11,19H2,1-3H3. The first-order chi connectivity index (χ1) is 8.88. The zero-order valence-corrected chi connectivity index (χ0v) is 11.9. The lowest BCUT2D eigenvalue weighted by Gasteiger charge is -2.22. The van der Waals surface area contributed by atoms with Gasteiger partial charge >= 0.3 is 0 Å². The molecule has 0 saturated carbocycles. The van der Waals surface area contributed by atoms with Crippen molar-refractivity contribution in [2.75, 3.05) is 0 Å². The third kappa shape index (κ3) is 3.32. The Balaban J connectivity index is 2.32. The topological polar surface area (TPSA) is 26.0 Å². The molecule has 1 atom stereocenters. The van der Waals surface area contributed by atoms with Crippen LogP contribution in [0.3, 0.4) is 0 Å². The van der Waals surface area contributed by atoms with E-state index in [4.69, 9.17) is 5.73 Å². The summed E-state index contributed by atoms with van der Waals surface area (Å²) in [6.07, 6.45) is 1.97. The lowest BCUT2D eigenvalue weighted by atomic mass is 9.86. The van der Waals surface area contributed by atoms with Crippen molar-refractivity contribution in [1.29, 1.82) is 0 Å². The summed E-state index contributed by atoms with van der Waals surface area (Å²) in [5.74, 6) is -0.178. The highest BCUT2D eigenvalue weighted by molar-refractivity contribution is 5.86. The van der Waals surface area contributed by atoms with E-state index in [9.17, 15) is 4.39 Å². The average Bonchev–Trinajstić information content (AvgIpc) is 2.36. The van der Waals surface area contributed by atoms with Crippen LogP contribution in [0.4, 0.5) is 4.39 Å². The molecule has 1 unspecified atom stereocenters. The third-order valence-electron chi connectivity index (χ3n) is 3.51. The van der Waals surface area contributed by atoms with Crippen molar-refractivity contribution < 1.29 is 4.39 Å². The van der Waals surface area contributed by atoms with Gasteiger partial charge in [-0.15, -0.1) is 0 Å². The highest BCUT2D eigenvalue weighted by atomic mass is 19.1. The van der Waals surface area contributed by atoms with Crippen LogP contribution in [-0.4, -0.2) is 0 Å². The van der Waals surface area contributed by atoms with Gasteiger partial charge in [0, 0.05) is 11.4 Å². The van der Waals surface area contributed by atoms with Crippen molar-refractivity contribution in [3.63, 3.8) is 0 Å². The molecule has 2 N–H and O–H groups in total. The molecule has 2 aromatic rings. The van der Waals surface area contributed by atoms with Gasteiger partial charge in [-0.05, 0) is 35.3 Å². The number of hydrogen-bond acceptors (Lipinski definition) is 1. The van der Waals surface area contributed by atoms with Gasteiger partial charge in [0.2, 0.25) is 0 Å². The number of fused-ring (bicyclic) bond motifs is 1. The molecule has 2 rings (SSSR count). The Kier molecular flexibility index (Phi) is 3.91. The molecule has 0 aliphatic heterocycles. The zero-order chi connectivity index (χ0) is 14.0. The Hall–Kier alpha value is -1.41. The first-order valence-corrected chi connectivity index (χ1v) is 6.81. The molecule has 0 aromatic heterocycles. The Morgan fingerprint density at radius 3 is 2.32 bits per heavy atom. The number of rotatable bonds is 3. The van der Waals surface area contributed by atoms with Gasteiger partial charge in [0.15, 0.2) is 0 Å². The molecule has 2 heteroatoms. The van der Waals surface area contributed by atoms with Crippen molar-refractivity contribution in [2.45, 2.75) is 39.7 Å². The highest BCUT2D eigenvalue weighted by Crippen LogP contribution is 2.30. The molecule has 0 saturated heterocycles. The lowest BCUT2D eigenvalue weighted by molar-refractivity contribution is 0.350. The largest absolute Gasteiger partial charge is 0.324 e. The fraction of sp³-hybridized carbons (Fsp3) is 0.412. The molecule has 0 radical (unpaired) electrons. The number of hydrogen-bond donors (Lipinski definition) is 1. The fourth-order valence-corrected chi connectivity index (χ4v) is 2.35. The maximum Gasteiger partial charge on any atom is 0.131 e. The van der Waals surface area contributed by atoms with Crippen molar-refractivity contribution in [2.24, 2.45) is 11.1 Å². The van der Waals surface area contributed by atoms with Crippen LogP contribution in [0, 0.1) is 11.2 Å². The molecule has 102 valence electrons. The maximum absolute atomic E-state index is 13.8. The van der Waals surface area contributed by atoms with E-state index >= 15 is 0 Å². The van der Waals surface area contributed by atoms with Crippen molar-refractivity contribution >= 4 is 10.8 Å². The Morgan fingerprint density at radius 1 is 1.05 bits per heavy atom. The Morgan fingerprint density at radius 2 is 1.68 bits per heavy atom. The number of nitrogens with two attached hydrogens (primary N) is 1. The molecule has 0 spiro atoms. The fourth-order valence-electron chi connectivity index (χ4n) is 2.35. The van der Waals surface area contributed by atoms with Crippen LogP contribution >= 0.6 is 0 Å². The molecule has 0 aliphatic carbocycles. The van der Waals surface area contributed by atoms with Crippen LogP contribution < -0.4 is 5.73 Å². The van der Waals surface area contributed by atoms with Gasteiger partial charge in [-0.3, -0.25) is 0 Å². The summed E-state index contributed by atoms with van der Waals surface area (Å²) < 4.78 is 13.8. The Labute approximate surface area is 114 Å². The molecular weight excluding hydrogens is 237 g/mol. The van der Waals surface area contributed by atoms with Crippen LogP contribution in [0.15, 0.2) is 36.4 Å². The van der Waals surface area contributed by atoms with Gasteiger partial charge < -0.3 is 5.73 Å². The predicted molar refractivity (Wildman–Crippen MR) is 79.5 cm³/mol. The van der Waals surface area contributed by atoms with Crippen molar-refractivity contribution in [3.8, 4) is 0 Å². The number of halogens is 1. The van der Waals surface area contributed by atoms with E-state index in [1.807, 2.05) is 30.3 Å². The van der Waals surface area contributed by atoms with E-state index < -0.39 is 0 Å². The molecule has 0 aliphatic rings. The summed E-state index contributed by atoms with van der Waals surface area (Å²) in [6, 6.07) is 10.9. The van der Waals surface area contributed by atoms with Crippen LogP contribution in [0.5, 0.6) is 0 Å². The van der Waals surface area contributed by atoms with E-state index in [1.54, 1.807) is 0 Å². The quantitative estimate of drug-likeness (QED) is 0.841. The van der Waals surface area contributed by atoms with Gasteiger partial charge in [0.25, 0.3) is 0 Å². The summed E-state index contributed by atoms with van der Waals surface area (Å²) >= 11 is 0. The zero-order valence-electron chi connectivity index (χ0n) is 11.9. The predicted octanol–water partition coefficient (Wildman–Crippen LogP) is 4.81. The molecule has 0 amide bonds. The van der Waals surface area contributed by atoms with E-state index in [1.165, 1.54) is 6.07 Å². The van der Waals surface area contributed by atoms with Gasteiger partial charge in [-0.2, -0.15) is 0 Å². The Bertz CT molecular complexity index is 569. The second-order valence-electron chi connectivity index (χ2n) is 6.39. The van der Waals surface area contributed by atoms with Gasteiger partial charge in [-0.25, -0.2) is 4.39 Å². The normalized spacial score (nSPS) is 13.7. The summed E-state index contributed by atoms with van der Waals surface area (Å²) in [4.78, 5) is 0. The first kappa shape index (κ1) is 14.0. The SMILES string of the molecule is CC(C)(C)CCC(N)c1ccc(F)c2ccccc12. The summed E-state index contributed by atoms with van der Waals surface area (Å²) in [7, 11) is 0. The minimum atomic E-state index is -0.178. The van der Waals surface area contributed by atoms with Crippen molar-refractivity contribution in [1.82, 2.24) is 0 Å². The van der Waals surface area contributed by atoms with E-state index in [-0.39, 0.29) is 17.3 Å². The molecular formula is C17H22FN. The molecule has 0 heterocycles. The summed E-state index contributed by atoms with van der Waals surface area (Å²) in [5.41, 5.74) is 7.61. The van der Waals surface area contributed by atoms with Gasteiger partial charge in [0.05, 0.1) is 0 Å². The maximum atomic E-state index is 13.8. The molecule has 1 nitrogen and oxygen atoms in total.